The number of hydrogen-bond donors (Lipinski definition) is 1. The highest BCUT2D eigenvalue weighted by Crippen LogP contribution is 2.22. The van der Waals surface area contributed by atoms with Crippen LogP contribution in [0, 0.1) is 6.92 Å². The van der Waals surface area contributed by atoms with Gasteiger partial charge in [0.1, 0.15) is 11.5 Å². The number of ether oxygens (including phenoxy) is 1. The van der Waals surface area contributed by atoms with E-state index in [9.17, 15) is 0 Å². The maximum atomic E-state index is 6.09. The molecule has 0 atom stereocenters. The van der Waals surface area contributed by atoms with Crippen LogP contribution < -0.4 is 5.43 Å². The fraction of sp³-hybridized carbons (Fsp3) is 0.500. The van der Waals surface area contributed by atoms with Crippen LogP contribution >= 0.6 is 11.6 Å². The second-order valence-electron chi connectivity index (χ2n) is 4.06. The van der Waals surface area contributed by atoms with E-state index in [4.69, 9.17) is 16.3 Å². The lowest BCUT2D eigenvalue weighted by molar-refractivity contribution is 0.0493. The van der Waals surface area contributed by atoms with Gasteiger partial charge in [0.15, 0.2) is 5.82 Å². The van der Waals surface area contributed by atoms with Crippen molar-refractivity contribution in [1.29, 1.82) is 0 Å². The van der Waals surface area contributed by atoms with E-state index in [1.165, 1.54) is 6.33 Å². The highest BCUT2D eigenvalue weighted by molar-refractivity contribution is 6.30. The van der Waals surface area contributed by atoms with Crippen molar-refractivity contribution in [2.45, 2.75) is 6.92 Å². The number of nitrogens with one attached hydrogen (secondary N) is 1. The van der Waals surface area contributed by atoms with Crippen molar-refractivity contribution in [2.75, 3.05) is 31.7 Å². The van der Waals surface area contributed by atoms with Gasteiger partial charge in [0.05, 0.1) is 13.2 Å². The van der Waals surface area contributed by atoms with Crippen molar-refractivity contribution in [3.8, 4) is 0 Å². The number of fused-ring (bicyclic) bond motifs is 1. The molecular formula is C10H13ClN6O. The average molecular weight is 269 g/mol. The Morgan fingerprint density at radius 1 is 1.39 bits per heavy atom. The van der Waals surface area contributed by atoms with Gasteiger partial charge in [-0.25, -0.2) is 5.01 Å². The first-order valence-electron chi connectivity index (χ1n) is 5.71. The van der Waals surface area contributed by atoms with Gasteiger partial charge < -0.3 is 10.2 Å². The Bertz CT molecular complexity index is 565. The van der Waals surface area contributed by atoms with Crippen molar-refractivity contribution < 1.29 is 4.74 Å². The Morgan fingerprint density at radius 2 is 2.17 bits per heavy atom. The van der Waals surface area contributed by atoms with Gasteiger partial charge >= 0.3 is 0 Å². The van der Waals surface area contributed by atoms with Crippen LogP contribution in [-0.2, 0) is 4.74 Å². The summed E-state index contributed by atoms with van der Waals surface area (Å²) >= 11 is 6.09. The number of halogens is 1. The van der Waals surface area contributed by atoms with Crippen molar-refractivity contribution >= 4 is 23.2 Å². The molecule has 0 unspecified atom stereocenters. The van der Waals surface area contributed by atoms with Gasteiger partial charge in [-0.05, 0) is 6.92 Å². The molecule has 2 aromatic heterocycles. The maximum Gasteiger partial charge on any atom is 0.255 e. The molecule has 1 N–H and O–H groups in total. The van der Waals surface area contributed by atoms with Gasteiger partial charge in [-0.15, -0.1) is 0 Å². The highest BCUT2D eigenvalue weighted by Gasteiger charge is 2.16. The van der Waals surface area contributed by atoms with Crippen molar-refractivity contribution in [2.24, 2.45) is 0 Å². The average Bonchev–Trinajstić information content (AvgIpc) is 2.84. The van der Waals surface area contributed by atoms with E-state index in [2.05, 4.69) is 25.5 Å². The summed E-state index contributed by atoms with van der Waals surface area (Å²) in [7, 11) is 0. The summed E-state index contributed by atoms with van der Waals surface area (Å²) in [6, 6.07) is 0. The van der Waals surface area contributed by atoms with E-state index < -0.39 is 0 Å². The molecule has 0 radical (unpaired) electrons. The Morgan fingerprint density at radius 3 is 2.94 bits per heavy atom. The van der Waals surface area contributed by atoms with Crippen LogP contribution in [0.2, 0.25) is 5.15 Å². The maximum absolute atomic E-state index is 6.09. The first-order chi connectivity index (χ1) is 8.75. The first-order valence-corrected chi connectivity index (χ1v) is 6.08. The molecule has 3 rings (SSSR count). The number of morpholine rings is 1. The second kappa shape index (κ2) is 4.68. The normalized spacial score (nSPS) is 17.2. The molecular weight excluding hydrogens is 256 g/mol. The molecule has 0 aliphatic carbocycles. The van der Waals surface area contributed by atoms with Gasteiger partial charge in [0, 0.05) is 18.7 Å². The summed E-state index contributed by atoms with van der Waals surface area (Å²) in [4.78, 5) is 8.21. The molecule has 0 spiro atoms. The van der Waals surface area contributed by atoms with E-state index in [1.807, 2.05) is 6.92 Å². The number of anilines is 1. The predicted octanol–water partition coefficient (Wildman–Crippen LogP) is 0.745. The van der Waals surface area contributed by atoms with Crippen LogP contribution in [-0.4, -0.2) is 50.9 Å². The van der Waals surface area contributed by atoms with E-state index in [-0.39, 0.29) is 0 Å². The summed E-state index contributed by atoms with van der Waals surface area (Å²) in [5.74, 6) is 1.28. The number of aromatic nitrogens is 4. The van der Waals surface area contributed by atoms with E-state index in [1.54, 1.807) is 4.52 Å². The predicted molar refractivity (Wildman–Crippen MR) is 66.5 cm³/mol. The number of rotatable bonds is 2. The van der Waals surface area contributed by atoms with Crippen LogP contribution in [0.15, 0.2) is 6.33 Å². The number of hydrazine groups is 1. The zero-order chi connectivity index (χ0) is 12.5. The Labute approximate surface area is 109 Å². The first kappa shape index (κ1) is 11.6. The highest BCUT2D eigenvalue weighted by atomic mass is 35.5. The zero-order valence-electron chi connectivity index (χ0n) is 9.93. The fourth-order valence-electron chi connectivity index (χ4n) is 1.85. The second-order valence-corrected chi connectivity index (χ2v) is 4.42. The molecule has 1 aliphatic rings. The van der Waals surface area contributed by atoms with Gasteiger partial charge in [-0.1, -0.05) is 11.6 Å². The number of nitrogens with zero attached hydrogens (tertiary/aromatic N) is 5. The van der Waals surface area contributed by atoms with Crippen molar-refractivity contribution in [3.05, 3.63) is 17.0 Å². The standard InChI is InChI=1S/C10H13ClN6O/c1-7-8(11)14-10-12-6-13-17(10)9(7)15-16-2-4-18-5-3-16/h6,15H,2-5H2,1H3. The summed E-state index contributed by atoms with van der Waals surface area (Å²) in [6.45, 7) is 4.96. The minimum absolute atomic E-state index is 0.436. The topological polar surface area (TPSA) is 67.6 Å². The molecule has 1 fully saturated rings. The Balaban J connectivity index is 1.98. The molecule has 0 aromatic carbocycles. The molecule has 0 bridgehead atoms. The third-order valence-corrected chi connectivity index (χ3v) is 3.25. The van der Waals surface area contributed by atoms with Gasteiger partial charge in [-0.3, -0.25) is 0 Å². The number of hydrogen-bond acceptors (Lipinski definition) is 6. The minimum atomic E-state index is 0.436. The fourth-order valence-corrected chi connectivity index (χ4v) is 2.02. The zero-order valence-corrected chi connectivity index (χ0v) is 10.7. The summed E-state index contributed by atoms with van der Waals surface area (Å²) in [5, 5.41) is 6.66. The van der Waals surface area contributed by atoms with Gasteiger partial charge in [0.2, 0.25) is 0 Å². The largest absolute Gasteiger partial charge is 0.379 e. The van der Waals surface area contributed by atoms with Crippen molar-refractivity contribution in [3.63, 3.8) is 0 Å². The Kier molecular flexibility index (Phi) is 3.02. The third kappa shape index (κ3) is 2.00. The Hall–Kier alpha value is -1.44. The minimum Gasteiger partial charge on any atom is -0.379 e. The van der Waals surface area contributed by atoms with Gasteiger partial charge in [0.25, 0.3) is 5.78 Å². The monoisotopic (exact) mass is 268 g/mol. The lowest BCUT2D eigenvalue weighted by atomic mass is 10.3. The molecule has 0 saturated carbocycles. The van der Waals surface area contributed by atoms with E-state index >= 15 is 0 Å². The molecule has 1 saturated heterocycles. The van der Waals surface area contributed by atoms with Crippen molar-refractivity contribution in [1.82, 2.24) is 24.6 Å². The molecule has 2 aromatic rings. The molecule has 96 valence electrons. The third-order valence-electron chi connectivity index (χ3n) is 2.88. The van der Waals surface area contributed by atoms with Crippen LogP contribution in [0.1, 0.15) is 5.56 Å². The van der Waals surface area contributed by atoms with Gasteiger partial charge in [-0.2, -0.15) is 19.6 Å². The van der Waals surface area contributed by atoms with Crippen LogP contribution in [0.25, 0.3) is 5.78 Å². The molecule has 3 heterocycles. The summed E-state index contributed by atoms with van der Waals surface area (Å²) in [6.07, 6.45) is 1.46. The van der Waals surface area contributed by atoms with E-state index in [0.29, 0.717) is 24.1 Å². The van der Waals surface area contributed by atoms with Crippen LogP contribution in [0.3, 0.4) is 0 Å². The molecule has 18 heavy (non-hydrogen) atoms. The molecule has 0 amide bonds. The van der Waals surface area contributed by atoms with Crippen LogP contribution in [0.5, 0.6) is 0 Å². The van der Waals surface area contributed by atoms with Crippen LogP contribution in [0.4, 0.5) is 5.82 Å². The lowest BCUT2D eigenvalue weighted by Crippen LogP contribution is -2.41. The summed E-state index contributed by atoms with van der Waals surface area (Å²) in [5.41, 5.74) is 4.16. The SMILES string of the molecule is Cc1c(Cl)nc2ncnn2c1NN1CCOCC1. The molecule has 7 nitrogen and oxygen atoms in total. The molecule has 1 aliphatic heterocycles. The molecule has 8 heteroatoms. The van der Waals surface area contributed by atoms with E-state index in [0.717, 1.165) is 24.5 Å². The quantitative estimate of drug-likeness (QED) is 0.811. The lowest BCUT2D eigenvalue weighted by Gasteiger charge is -2.28. The summed E-state index contributed by atoms with van der Waals surface area (Å²) < 4.78 is 6.96. The smallest absolute Gasteiger partial charge is 0.255 e.